The molecule has 18 heavy (non-hydrogen) atoms. The first-order valence-electron chi connectivity index (χ1n) is 7.23. The van der Waals surface area contributed by atoms with E-state index in [4.69, 9.17) is 0 Å². The van der Waals surface area contributed by atoms with Gasteiger partial charge in [-0.3, -0.25) is 4.79 Å². The van der Waals surface area contributed by atoms with Gasteiger partial charge in [-0.2, -0.15) is 11.8 Å². The van der Waals surface area contributed by atoms with Crippen molar-refractivity contribution in [3.63, 3.8) is 0 Å². The molecule has 2 N–H and O–H groups in total. The van der Waals surface area contributed by atoms with Crippen LogP contribution in [-0.2, 0) is 4.79 Å². The predicted octanol–water partition coefficient (Wildman–Crippen LogP) is 2.42. The molecule has 1 atom stereocenters. The van der Waals surface area contributed by atoms with Gasteiger partial charge in [0.2, 0.25) is 5.91 Å². The summed E-state index contributed by atoms with van der Waals surface area (Å²) in [6, 6.07) is 0. The van der Waals surface area contributed by atoms with Gasteiger partial charge in [0.25, 0.3) is 0 Å². The molecule has 0 radical (unpaired) electrons. The third-order valence-corrected chi connectivity index (χ3v) is 4.44. The van der Waals surface area contributed by atoms with Gasteiger partial charge in [-0.05, 0) is 50.7 Å². The number of hydrogen-bond donors (Lipinski definition) is 2. The second-order valence-corrected chi connectivity index (χ2v) is 6.25. The number of amides is 1. The Hall–Kier alpha value is -0.220. The lowest BCUT2D eigenvalue weighted by molar-refractivity contribution is -0.132. The van der Waals surface area contributed by atoms with Crippen molar-refractivity contribution in [3.05, 3.63) is 0 Å². The van der Waals surface area contributed by atoms with Gasteiger partial charge in [-0.1, -0.05) is 13.3 Å². The van der Waals surface area contributed by atoms with E-state index in [1.165, 1.54) is 12.2 Å². The van der Waals surface area contributed by atoms with Crippen LogP contribution in [0.4, 0.5) is 0 Å². The third kappa shape index (κ3) is 4.81. The lowest BCUT2D eigenvalue weighted by atomic mass is 9.76. The zero-order chi connectivity index (χ0) is 13.3. The van der Waals surface area contributed by atoms with Crippen molar-refractivity contribution in [1.82, 2.24) is 10.6 Å². The molecule has 0 spiro atoms. The minimum atomic E-state index is -0.132. The summed E-state index contributed by atoms with van der Waals surface area (Å²) in [4.78, 5) is 12.4. The number of unbranched alkanes of at least 4 members (excludes halogenated alkanes) is 1. The Bertz CT molecular complexity index is 234. The fraction of sp³-hybridized carbons (Fsp3) is 0.929. The van der Waals surface area contributed by atoms with E-state index >= 15 is 0 Å². The van der Waals surface area contributed by atoms with Crippen LogP contribution in [0.3, 0.4) is 0 Å². The predicted molar refractivity (Wildman–Crippen MR) is 80.1 cm³/mol. The molecule has 0 aromatic heterocycles. The van der Waals surface area contributed by atoms with Crippen LogP contribution < -0.4 is 10.6 Å². The van der Waals surface area contributed by atoms with Crippen molar-refractivity contribution >= 4 is 17.7 Å². The number of hydrogen-bond acceptors (Lipinski definition) is 3. The largest absolute Gasteiger partial charge is 0.356 e. The molecule has 1 heterocycles. The minimum absolute atomic E-state index is 0.132. The van der Waals surface area contributed by atoms with Crippen LogP contribution in [0.25, 0.3) is 0 Å². The molecule has 1 saturated heterocycles. The summed E-state index contributed by atoms with van der Waals surface area (Å²) in [5, 5.41) is 6.54. The molecule has 1 aliphatic heterocycles. The molecule has 4 heteroatoms. The fourth-order valence-electron chi connectivity index (χ4n) is 2.73. The van der Waals surface area contributed by atoms with E-state index in [1.54, 1.807) is 0 Å². The molecule has 106 valence electrons. The maximum atomic E-state index is 12.4. The molecule has 0 aromatic rings. The second kappa shape index (κ2) is 8.81. The monoisotopic (exact) mass is 272 g/mol. The van der Waals surface area contributed by atoms with Gasteiger partial charge in [0.15, 0.2) is 0 Å². The number of rotatable bonds is 8. The lowest BCUT2D eigenvalue weighted by Crippen LogP contribution is -2.50. The maximum Gasteiger partial charge on any atom is 0.227 e. The van der Waals surface area contributed by atoms with Crippen molar-refractivity contribution in [2.24, 2.45) is 5.41 Å². The average Bonchev–Trinajstić information content (AvgIpc) is 2.39. The Morgan fingerprint density at radius 3 is 2.89 bits per heavy atom. The molecule has 1 rings (SSSR count). The van der Waals surface area contributed by atoms with Crippen molar-refractivity contribution in [2.45, 2.75) is 45.4 Å². The summed E-state index contributed by atoms with van der Waals surface area (Å²) >= 11 is 1.87. The van der Waals surface area contributed by atoms with E-state index < -0.39 is 0 Å². The second-order valence-electron chi connectivity index (χ2n) is 5.27. The zero-order valence-corrected chi connectivity index (χ0v) is 12.7. The molecular weight excluding hydrogens is 244 g/mol. The summed E-state index contributed by atoms with van der Waals surface area (Å²) in [5.74, 6) is 1.47. The van der Waals surface area contributed by atoms with Gasteiger partial charge < -0.3 is 10.6 Å². The Morgan fingerprint density at radius 2 is 2.28 bits per heavy atom. The van der Waals surface area contributed by atoms with Crippen LogP contribution in [0.5, 0.6) is 0 Å². The van der Waals surface area contributed by atoms with Gasteiger partial charge >= 0.3 is 0 Å². The third-order valence-electron chi connectivity index (χ3n) is 3.74. The number of carbonyl (C=O) groups excluding carboxylic acids is 1. The van der Waals surface area contributed by atoms with Crippen molar-refractivity contribution in [2.75, 3.05) is 31.6 Å². The van der Waals surface area contributed by atoms with Crippen LogP contribution in [-0.4, -0.2) is 37.6 Å². The van der Waals surface area contributed by atoms with E-state index in [0.717, 1.165) is 51.7 Å². The number of nitrogens with one attached hydrogen (secondary N) is 2. The highest BCUT2D eigenvalue weighted by Gasteiger charge is 2.38. The SMILES string of the molecule is CCCC1(C(=O)NCCCCSC)CCCNC1. The van der Waals surface area contributed by atoms with Crippen LogP contribution >= 0.6 is 11.8 Å². The van der Waals surface area contributed by atoms with Gasteiger partial charge in [0.05, 0.1) is 5.41 Å². The zero-order valence-electron chi connectivity index (χ0n) is 11.9. The molecule has 0 aromatic carbocycles. The Morgan fingerprint density at radius 1 is 1.44 bits per heavy atom. The Balaban J connectivity index is 2.35. The molecule has 0 saturated carbocycles. The smallest absolute Gasteiger partial charge is 0.227 e. The molecule has 3 nitrogen and oxygen atoms in total. The summed E-state index contributed by atoms with van der Waals surface area (Å²) in [6.45, 7) is 4.93. The van der Waals surface area contributed by atoms with Crippen molar-refractivity contribution in [3.8, 4) is 0 Å². The first kappa shape index (κ1) is 15.8. The Kier molecular flexibility index (Phi) is 7.75. The summed E-state index contributed by atoms with van der Waals surface area (Å²) in [6.07, 6.45) is 8.69. The van der Waals surface area contributed by atoms with Crippen molar-refractivity contribution in [1.29, 1.82) is 0 Å². The molecule has 0 bridgehead atoms. The summed E-state index contributed by atoms with van der Waals surface area (Å²) < 4.78 is 0. The molecule has 1 unspecified atom stereocenters. The van der Waals surface area contributed by atoms with Gasteiger partial charge in [0, 0.05) is 13.1 Å². The molecule has 0 aliphatic carbocycles. The highest BCUT2D eigenvalue weighted by molar-refractivity contribution is 7.98. The van der Waals surface area contributed by atoms with Gasteiger partial charge in [-0.25, -0.2) is 0 Å². The highest BCUT2D eigenvalue weighted by atomic mass is 32.2. The topological polar surface area (TPSA) is 41.1 Å². The van der Waals surface area contributed by atoms with Crippen LogP contribution in [0, 0.1) is 5.41 Å². The van der Waals surface area contributed by atoms with E-state index in [2.05, 4.69) is 23.8 Å². The maximum absolute atomic E-state index is 12.4. The minimum Gasteiger partial charge on any atom is -0.356 e. The van der Waals surface area contributed by atoms with Gasteiger partial charge in [0.1, 0.15) is 0 Å². The van der Waals surface area contributed by atoms with Gasteiger partial charge in [-0.15, -0.1) is 0 Å². The van der Waals surface area contributed by atoms with Crippen LogP contribution in [0.15, 0.2) is 0 Å². The van der Waals surface area contributed by atoms with Crippen LogP contribution in [0.1, 0.15) is 45.4 Å². The van der Waals surface area contributed by atoms with E-state index in [9.17, 15) is 4.79 Å². The highest BCUT2D eigenvalue weighted by Crippen LogP contribution is 2.31. The van der Waals surface area contributed by atoms with E-state index in [0.29, 0.717) is 0 Å². The summed E-state index contributed by atoms with van der Waals surface area (Å²) in [7, 11) is 0. The molecule has 1 fully saturated rings. The standard InChI is InChI=1S/C14H28N2OS/c1-3-7-14(8-6-9-15-12-14)13(17)16-10-4-5-11-18-2/h15H,3-12H2,1-2H3,(H,16,17). The number of piperidine rings is 1. The first-order chi connectivity index (χ1) is 8.75. The number of thioether (sulfide) groups is 1. The van der Waals surface area contributed by atoms with E-state index in [1.807, 2.05) is 11.8 Å². The number of carbonyl (C=O) groups is 1. The van der Waals surface area contributed by atoms with Crippen molar-refractivity contribution < 1.29 is 4.79 Å². The molecule has 1 amide bonds. The first-order valence-corrected chi connectivity index (χ1v) is 8.62. The molecule has 1 aliphatic rings. The average molecular weight is 272 g/mol. The Labute approximate surface area is 116 Å². The summed E-state index contributed by atoms with van der Waals surface area (Å²) in [5.41, 5.74) is -0.132. The normalized spacial score (nSPS) is 23.9. The van der Waals surface area contributed by atoms with Crippen LogP contribution in [0.2, 0.25) is 0 Å². The lowest BCUT2D eigenvalue weighted by Gasteiger charge is -2.36. The fourth-order valence-corrected chi connectivity index (χ4v) is 3.22. The quantitative estimate of drug-likeness (QED) is 0.667. The molecular formula is C14H28N2OS. The van der Waals surface area contributed by atoms with E-state index in [-0.39, 0.29) is 11.3 Å².